The first-order chi connectivity index (χ1) is 6.52. The predicted molar refractivity (Wildman–Crippen MR) is 48.8 cm³/mol. The Labute approximate surface area is 80.3 Å². The van der Waals surface area contributed by atoms with Crippen molar-refractivity contribution < 1.29 is 14.3 Å². The van der Waals surface area contributed by atoms with Crippen molar-refractivity contribution >= 4 is 5.91 Å². The number of phenols is 1. The van der Waals surface area contributed by atoms with Crippen LogP contribution in [-0.4, -0.2) is 11.0 Å². The molecule has 5 heteroatoms. The van der Waals surface area contributed by atoms with Crippen molar-refractivity contribution in [3.8, 4) is 5.75 Å². The van der Waals surface area contributed by atoms with E-state index >= 15 is 0 Å². The average Bonchev–Trinajstić information content (AvgIpc) is 2.01. The maximum atomic E-state index is 13.2. The largest absolute Gasteiger partial charge is 0.508 e. The average molecular weight is 198 g/mol. The summed E-state index contributed by atoms with van der Waals surface area (Å²) in [7, 11) is 0. The van der Waals surface area contributed by atoms with Gasteiger partial charge in [0.25, 0.3) is 0 Å². The number of halogens is 1. The van der Waals surface area contributed by atoms with Gasteiger partial charge in [-0.15, -0.1) is 0 Å². The highest BCUT2D eigenvalue weighted by Gasteiger charge is 2.17. The molecule has 76 valence electrons. The molecular formula is C9H11FN2O2. The van der Waals surface area contributed by atoms with Crippen molar-refractivity contribution in [2.45, 2.75) is 12.5 Å². The van der Waals surface area contributed by atoms with Gasteiger partial charge in [0.05, 0.1) is 0 Å². The minimum Gasteiger partial charge on any atom is -0.508 e. The van der Waals surface area contributed by atoms with E-state index in [1.807, 2.05) is 0 Å². The summed E-state index contributed by atoms with van der Waals surface area (Å²) in [6.45, 7) is 0. The summed E-state index contributed by atoms with van der Waals surface area (Å²) in [6, 6.07) is 2.91. The summed E-state index contributed by atoms with van der Waals surface area (Å²) < 4.78 is 13.2. The van der Waals surface area contributed by atoms with Crippen LogP contribution in [-0.2, 0) is 4.79 Å². The standard InChI is InChI=1S/C9H11FN2O2/c10-5-2-1-3-7(13)9(5)6(11)4-8(12)14/h1-3,6,13H,4,11H2,(H2,12,14). The molecule has 0 saturated carbocycles. The molecule has 1 rings (SSSR count). The Kier molecular flexibility index (Phi) is 3.03. The second-order valence-corrected chi connectivity index (χ2v) is 2.95. The molecule has 0 spiro atoms. The second kappa shape index (κ2) is 4.06. The van der Waals surface area contributed by atoms with E-state index in [9.17, 15) is 14.3 Å². The first-order valence-corrected chi connectivity index (χ1v) is 4.03. The zero-order chi connectivity index (χ0) is 10.7. The number of amides is 1. The molecule has 4 nitrogen and oxygen atoms in total. The van der Waals surface area contributed by atoms with E-state index in [0.29, 0.717) is 0 Å². The number of hydrogen-bond acceptors (Lipinski definition) is 3. The third-order valence-electron chi connectivity index (χ3n) is 1.82. The van der Waals surface area contributed by atoms with E-state index in [1.54, 1.807) is 0 Å². The van der Waals surface area contributed by atoms with Crippen molar-refractivity contribution in [3.05, 3.63) is 29.6 Å². The van der Waals surface area contributed by atoms with E-state index < -0.39 is 17.8 Å². The maximum absolute atomic E-state index is 13.2. The van der Waals surface area contributed by atoms with E-state index in [-0.39, 0.29) is 17.7 Å². The molecule has 1 unspecified atom stereocenters. The summed E-state index contributed by atoms with van der Waals surface area (Å²) in [5.74, 6) is -1.54. The van der Waals surface area contributed by atoms with Gasteiger partial charge in [0.15, 0.2) is 0 Å². The lowest BCUT2D eigenvalue weighted by molar-refractivity contribution is -0.118. The van der Waals surface area contributed by atoms with Crippen LogP contribution in [0.15, 0.2) is 18.2 Å². The van der Waals surface area contributed by atoms with Gasteiger partial charge >= 0.3 is 0 Å². The van der Waals surface area contributed by atoms with E-state index in [0.717, 1.165) is 6.07 Å². The Morgan fingerprint density at radius 3 is 2.71 bits per heavy atom. The molecule has 0 aliphatic rings. The number of phenolic OH excluding ortho intramolecular Hbond substituents is 1. The fourth-order valence-corrected chi connectivity index (χ4v) is 1.21. The molecule has 5 N–H and O–H groups in total. The van der Waals surface area contributed by atoms with Crippen LogP contribution in [0.1, 0.15) is 18.0 Å². The third-order valence-corrected chi connectivity index (χ3v) is 1.82. The van der Waals surface area contributed by atoms with Crippen molar-refractivity contribution in [2.75, 3.05) is 0 Å². The fourth-order valence-electron chi connectivity index (χ4n) is 1.21. The Morgan fingerprint density at radius 2 is 2.21 bits per heavy atom. The minimum absolute atomic E-state index is 0.0775. The summed E-state index contributed by atoms with van der Waals surface area (Å²) in [6.07, 6.45) is -0.200. The predicted octanol–water partition coefficient (Wildman–Crippen LogP) is 0.407. The van der Waals surface area contributed by atoms with Crippen LogP contribution < -0.4 is 11.5 Å². The van der Waals surface area contributed by atoms with Crippen LogP contribution in [0.2, 0.25) is 0 Å². The zero-order valence-corrected chi connectivity index (χ0v) is 7.40. The summed E-state index contributed by atoms with van der Waals surface area (Å²) >= 11 is 0. The van der Waals surface area contributed by atoms with Crippen molar-refractivity contribution in [1.29, 1.82) is 0 Å². The van der Waals surface area contributed by atoms with Crippen LogP contribution in [0.4, 0.5) is 4.39 Å². The van der Waals surface area contributed by atoms with Crippen LogP contribution >= 0.6 is 0 Å². The molecule has 0 heterocycles. The highest BCUT2D eigenvalue weighted by atomic mass is 19.1. The van der Waals surface area contributed by atoms with Gasteiger partial charge in [-0.05, 0) is 12.1 Å². The van der Waals surface area contributed by atoms with Crippen LogP contribution in [0.3, 0.4) is 0 Å². The highest BCUT2D eigenvalue weighted by molar-refractivity contribution is 5.74. The molecule has 1 aromatic rings. The van der Waals surface area contributed by atoms with E-state index in [2.05, 4.69) is 0 Å². The molecule has 1 aromatic carbocycles. The van der Waals surface area contributed by atoms with Gasteiger partial charge in [0.1, 0.15) is 11.6 Å². The summed E-state index contributed by atoms with van der Waals surface area (Å²) in [5, 5.41) is 9.30. The molecule has 0 bridgehead atoms. The van der Waals surface area contributed by atoms with Crippen molar-refractivity contribution in [3.63, 3.8) is 0 Å². The molecule has 0 aliphatic heterocycles. The van der Waals surface area contributed by atoms with Crippen molar-refractivity contribution in [2.24, 2.45) is 11.5 Å². The lowest BCUT2D eigenvalue weighted by Gasteiger charge is -2.12. The first kappa shape index (κ1) is 10.5. The van der Waals surface area contributed by atoms with Gasteiger partial charge in [-0.1, -0.05) is 6.07 Å². The molecule has 1 atom stereocenters. The van der Waals surface area contributed by atoms with Gasteiger partial charge in [-0.25, -0.2) is 4.39 Å². The van der Waals surface area contributed by atoms with Gasteiger partial charge in [-0.2, -0.15) is 0 Å². The quantitative estimate of drug-likeness (QED) is 0.657. The lowest BCUT2D eigenvalue weighted by Crippen LogP contribution is -2.21. The van der Waals surface area contributed by atoms with Crippen LogP contribution in [0.5, 0.6) is 5.75 Å². The Balaban J connectivity index is 2.99. The number of carbonyl (C=O) groups excluding carboxylic acids is 1. The molecule has 0 saturated heterocycles. The fraction of sp³-hybridized carbons (Fsp3) is 0.222. The van der Waals surface area contributed by atoms with E-state index in [1.165, 1.54) is 12.1 Å². The molecule has 14 heavy (non-hydrogen) atoms. The molecule has 0 radical (unpaired) electrons. The Morgan fingerprint density at radius 1 is 1.57 bits per heavy atom. The molecule has 0 aromatic heterocycles. The normalized spacial score (nSPS) is 12.4. The number of hydrogen-bond donors (Lipinski definition) is 3. The molecular weight excluding hydrogens is 187 g/mol. The monoisotopic (exact) mass is 198 g/mol. The molecule has 0 aliphatic carbocycles. The number of aromatic hydroxyl groups is 1. The minimum atomic E-state index is -0.909. The Bertz CT molecular complexity index is 334. The topological polar surface area (TPSA) is 89.3 Å². The van der Waals surface area contributed by atoms with Crippen molar-refractivity contribution in [1.82, 2.24) is 0 Å². The smallest absolute Gasteiger partial charge is 0.219 e. The SMILES string of the molecule is NC(=O)CC(N)c1c(O)cccc1F. The number of carbonyl (C=O) groups is 1. The number of primary amides is 1. The third kappa shape index (κ3) is 2.20. The van der Waals surface area contributed by atoms with E-state index in [4.69, 9.17) is 11.5 Å². The Hall–Kier alpha value is -1.62. The van der Waals surface area contributed by atoms with Gasteiger partial charge in [-0.3, -0.25) is 4.79 Å². The zero-order valence-electron chi connectivity index (χ0n) is 7.40. The highest BCUT2D eigenvalue weighted by Crippen LogP contribution is 2.26. The lowest BCUT2D eigenvalue weighted by atomic mass is 10.0. The van der Waals surface area contributed by atoms with Gasteiger partial charge < -0.3 is 16.6 Å². The second-order valence-electron chi connectivity index (χ2n) is 2.95. The molecule has 0 fully saturated rings. The first-order valence-electron chi connectivity index (χ1n) is 4.03. The maximum Gasteiger partial charge on any atom is 0.219 e. The van der Waals surface area contributed by atoms with Gasteiger partial charge in [0, 0.05) is 18.0 Å². The van der Waals surface area contributed by atoms with Crippen LogP contribution in [0.25, 0.3) is 0 Å². The number of benzene rings is 1. The summed E-state index contributed by atoms with van der Waals surface area (Å²) in [5.41, 5.74) is 10.3. The van der Waals surface area contributed by atoms with Gasteiger partial charge in [0.2, 0.25) is 5.91 Å². The number of nitrogens with two attached hydrogens (primary N) is 2. The molecule has 1 amide bonds. The number of rotatable bonds is 3. The van der Waals surface area contributed by atoms with Crippen LogP contribution in [0, 0.1) is 5.82 Å². The summed E-state index contributed by atoms with van der Waals surface area (Å²) in [4.78, 5) is 10.5.